The van der Waals surface area contributed by atoms with Gasteiger partial charge in [0.25, 0.3) is 0 Å². The molecule has 0 saturated carbocycles. The van der Waals surface area contributed by atoms with E-state index in [0.717, 1.165) is 30.9 Å². The van der Waals surface area contributed by atoms with Crippen molar-refractivity contribution in [2.24, 2.45) is 5.92 Å². The molecule has 144 valence electrons. The molecule has 1 atom stereocenters. The second kappa shape index (κ2) is 9.19. The first-order valence-corrected chi connectivity index (χ1v) is 9.80. The number of hydrogen-bond acceptors (Lipinski definition) is 5. The summed E-state index contributed by atoms with van der Waals surface area (Å²) >= 11 is 11.6. The molecule has 8 heteroatoms. The zero-order valence-corrected chi connectivity index (χ0v) is 17.1. The second-order valence-electron chi connectivity index (χ2n) is 6.68. The van der Waals surface area contributed by atoms with E-state index in [2.05, 4.69) is 32.4 Å². The number of hydrogen-bond donors (Lipinski definition) is 2. The highest BCUT2D eigenvalue weighted by atomic mass is 35.5. The molecule has 27 heavy (non-hydrogen) atoms. The van der Waals surface area contributed by atoms with Crippen LogP contribution >= 0.6 is 23.8 Å². The van der Waals surface area contributed by atoms with Crippen molar-refractivity contribution < 1.29 is 4.74 Å². The van der Waals surface area contributed by atoms with Crippen molar-refractivity contribution in [2.75, 3.05) is 30.4 Å². The monoisotopic (exact) mass is 405 g/mol. The van der Waals surface area contributed by atoms with Gasteiger partial charge in [-0.2, -0.15) is 9.97 Å². The van der Waals surface area contributed by atoms with Gasteiger partial charge >= 0.3 is 0 Å². The Morgan fingerprint density at radius 3 is 2.93 bits per heavy atom. The number of benzene rings is 1. The van der Waals surface area contributed by atoms with Crippen LogP contribution in [0.25, 0.3) is 0 Å². The molecule has 0 amide bonds. The standard InChI is InChI=1S/C19H24ClN5OS/c1-13-6-5-9-25(12-13)16-10-17(26-2)23-18(22-16)24-19(27)21-11-14-7-3-4-8-15(14)20/h3-4,7-8,10,13H,5-6,9,11-12H2,1-2H3,(H2,21,22,23,24,27)/t13-/m0/s1. The van der Waals surface area contributed by atoms with Crippen LogP contribution in [0.3, 0.4) is 0 Å². The van der Waals surface area contributed by atoms with E-state index in [1.165, 1.54) is 6.42 Å². The van der Waals surface area contributed by atoms with Gasteiger partial charge in [-0.3, -0.25) is 0 Å². The SMILES string of the molecule is COc1cc(N2CCC[C@H](C)C2)nc(NC(=S)NCc2ccccc2Cl)n1. The molecule has 6 nitrogen and oxygen atoms in total. The van der Waals surface area contributed by atoms with E-state index in [9.17, 15) is 0 Å². The average Bonchev–Trinajstić information content (AvgIpc) is 2.67. The van der Waals surface area contributed by atoms with E-state index in [4.69, 9.17) is 28.6 Å². The Morgan fingerprint density at radius 2 is 2.19 bits per heavy atom. The lowest BCUT2D eigenvalue weighted by atomic mass is 10.0. The summed E-state index contributed by atoms with van der Waals surface area (Å²) in [5.41, 5.74) is 0.970. The number of halogens is 1. The Balaban J connectivity index is 1.67. The summed E-state index contributed by atoms with van der Waals surface area (Å²) in [6.07, 6.45) is 2.41. The molecule has 2 heterocycles. The fourth-order valence-corrected chi connectivity index (χ4v) is 3.46. The topological polar surface area (TPSA) is 62.3 Å². The Labute approximate surface area is 170 Å². The van der Waals surface area contributed by atoms with Crippen molar-refractivity contribution >= 4 is 40.7 Å². The van der Waals surface area contributed by atoms with Crippen molar-refractivity contribution in [3.05, 3.63) is 40.9 Å². The Bertz CT molecular complexity index is 803. The fourth-order valence-electron chi connectivity index (χ4n) is 3.10. The number of piperidine rings is 1. The molecule has 1 aliphatic heterocycles. The van der Waals surface area contributed by atoms with Crippen LogP contribution in [0.15, 0.2) is 30.3 Å². The summed E-state index contributed by atoms with van der Waals surface area (Å²) in [4.78, 5) is 11.2. The molecular formula is C19H24ClN5OS. The maximum Gasteiger partial charge on any atom is 0.234 e. The lowest BCUT2D eigenvalue weighted by Gasteiger charge is -2.32. The van der Waals surface area contributed by atoms with E-state index in [1.807, 2.05) is 30.3 Å². The molecule has 1 fully saturated rings. The quantitative estimate of drug-likeness (QED) is 0.732. The predicted octanol–water partition coefficient (Wildman–Crippen LogP) is 3.86. The van der Waals surface area contributed by atoms with Gasteiger partial charge < -0.3 is 20.3 Å². The summed E-state index contributed by atoms with van der Waals surface area (Å²) in [5.74, 6) is 2.42. The molecular weight excluding hydrogens is 382 g/mol. The minimum atomic E-state index is 0.416. The largest absolute Gasteiger partial charge is 0.481 e. The summed E-state index contributed by atoms with van der Waals surface area (Å²) < 4.78 is 5.34. The lowest BCUT2D eigenvalue weighted by Crippen LogP contribution is -2.35. The van der Waals surface area contributed by atoms with Gasteiger partial charge in [-0.1, -0.05) is 36.7 Å². The number of rotatable bonds is 5. The molecule has 0 bridgehead atoms. The molecule has 0 unspecified atom stereocenters. The third kappa shape index (κ3) is 5.43. The van der Waals surface area contributed by atoms with Gasteiger partial charge in [0, 0.05) is 30.7 Å². The first-order valence-electron chi connectivity index (χ1n) is 9.01. The molecule has 3 rings (SSSR count). The predicted molar refractivity (Wildman–Crippen MR) is 114 cm³/mol. The van der Waals surface area contributed by atoms with Crippen LogP contribution in [0.5, 0.6) is 5.88 Å². The van der Waals surface area contributed by atoms with E-state index >= 15 is 0 Å². The van der Waals surface area contributed by atoms with Crippen LogP contribution in [0.2, 0.25) is 5.02 Å². The van der Waals surface area contributed by atoms with Gasteiger partial charge in [0.1, 0.15) is 5.82 Å². The van der Waals surface area contributed by atoms with Gasteiger partial charge in [0.2, 0.25) is 11.8 Å². The van der Waals surface area contributed by atoms with Crippen molar-refractivity contribution in [1.29, 1.82) is 0 Å². The van der Waals surface area contributed by atoms with Crippen LogP contribution < -0.4 is 20.3 Å². The van der Waals surface area contributed by atoms with Crippen LogP contribution in [0.1, 0.15) is 25.3 Å². The van der Waals surface area contributed by atoms with E-state index in [-0.39, 0.29) is 0 Å². The molecule has 1 aliphatic rings. The van der Waals surface area contributed by atoms with Crippen LogP contribution in [0.4, 0.5) is 11.8 Å². The van der Waals surface area contributed by atoms with E-state index in [1.54, 1.807) is 7.11 Å². The number of ether oxygens (including phenoxy) is 1. The van der Waals surface area contributed by atoms with Gasteiger partial charge in [0.15, 0.2) is 5.11 Å². The molecule has 1 aromatic carbocycles. The minimum Gasteiger partial charge on any atom is -0.481 e. The van der Waals surface area contributed by atoms with E-state index < -0.39 is 0 Å². The maximum atomic E-state index is 6.18. The average molecular weight is 406 g/mol. The molecule has 1 aromatic heterocycles. The number of aromatic nitrogens is 2. The zero-order valence-electron chi connectivity index (χ0n) is 15.5. The summed E-state index contributed by atoms with van der Waals surface area (Å²) in [6, 6.07) is 9.51. The van der Waals surface area contributed by atoms with E-state index in [0.29, 0.717) is 34.4 Å². The summed E-state index contributed by atoms with van der Waals surface area (Å²) in [7, 11) is 1.60. The van der Waals surface area contributed by atoms with Crippen molar-refractivity contribution in [3.8, 4) is 5.88 Å². The van der Waals surface area contributed by atoms with Crippen LogP contribution in [0, 0.1) is 5.92 Å². The zero-order chi connectivity index (χ0) is 19.2. The van der Waals surface area contributed by atoms with Crippen molar-refractivity contribution in [2.45, 2.75) is 26.3 Å². The molecule has 2 N–H and O–H groups in total. The molecule has 0 spiro atoms. The number of thiocarbonyl (C=S) groups is 1. The maximum absolute atomic E-state index is 6.18. The van der Waals surface area contributed by atoms with Crippen molar-refractivity contribution in [3.63, 3.8) is 0 Å². The number of methoxy groups -OCH3 is 1. The third-order valence-electron chi connectivity index (χ3n) is 4.50. The normalized spacial score (nSPS) is 16.7. The molecule has 1 saturated heterocycles. The highest BCUT2D eigenvalue weighted by Gasteiger charge is 2.19. The smallest absolute Gasteiger partial charge is 0.234 e. The van der Waals surface area contributed by atoms with Crippen LogP contribution in [-0.4, -0.2) is 35.3 Å². The highest BCUT2D eigenvalue weighted by molar-refractivity contribution is 7.80. The Morgan fingerprint density at radius 1 is 1.37 bits per heavy atom. The molecule has 0 radical (unpaired) electrons. The number of nitrogens with one attached hydrogen (secondary N) is 2. The first kappa shape index (κ1) is 19.6. The first-order chi connectivity index (χ1) is 13.0. The lowest BCUT2D eigenvalue weighted by molar-refractivity contribution is 0.396. The molecule has 2 aromatic rings. The highest BCUT2D eigenvalue weighted by Crippen LogP contribution is 2.25. The summed E-state index contributed by atoms with van der Waals surface area (Å²) in [6.45, 7) is 4.75. The third-order valence-corrected chi connectivity index (χ3v) is 5.12. The van der Waals surface area contributed by atoms with Gasteiger partial charge in [-0.05, 0) is 42.6 Å². The number of nitrogens with zero attached hydrogens (tertiary/aromatic N) is 3. The van der Waals surface area contributed by atoms with Crippen molar-refractivity contribution in [1.82, 2.24) is 15.3 Å². The number of anilines is 2. The molecule has 0 aliphatic carbocycles. The Hall–Kier alpha value is -2.12. The van der Waals surface area contributed by atoms with Gasteiger partial charge in [-0.15, -0.1) is 0 Å². The summed E-state index contributed by atoms with van der Waals surface area (Å²) in [5, 5.41) is 7.31. The van der Waals surface area contributed by atoms with Gasteiger partial charge in [0.05, 0.1) is 7.11 Å². The Kier molecular flexibility index (Phi) is 6.68. The minimum absolute atomic E-state index is 0.416. The fraction of sp³-hybridized carbons (Fsp3) is 0.421. The second-order valence-corrected chi connectivity index (χ2v) is 7.50. The van der Waals surface area contributed by atoms with Crippen LogP contribution in [-0.2, 0) is 6.54 Å². The van der Waals surface area contributed by atoms with Gasteiger partial charge in [-0.25, -0.2) is 0 Å².